The number of alkyl halides is 3. The first-order valence-electron chi connectivity index (χ1n) is 4.43. The third-order valence-corrected chi connectivity index (χ3v) is 2.82. The molecule has 0 spiro atoms. The molecule has 1 rings (SSSR count). The molecule has 0 atom stereocenters. The van der Waals surface area contributed by atoms with E-state index in [4.69, 9.17) is 0 Å². The molecule has 1 aromatic carbocycles. The third-order valence-electron chi connectivity index (χ3n) is 1.82. The summed E-state index contributed by atoms with van der Waals surface area (Å²) in [5.41, 5.74) is 0.590. The second kappa shape index (κ2) is 5.56. The summed E-state index contributed by atoms with van der Waals surface area (Å²) in [6.07, 6.45) is -4.70. The zero-order chi connectivity index (χ0) is 13.1. The van der Waals surface area contributed by atoms with Gasteiger partial charge in [0.2, 0.25) is 0 Å². The minimum Gasteiger partial charge on any atom is -0.469 e. The van der Waals surface area contributed by atoms with E-state index in [9.17, 15) is 18.0 Å². The van der Waals surface area contributed by atoms with Gasteiger partial charge in [0.15, 0.2) is 0 Å². The molecule has 7 heteroatoms. The fraction of sp³-hybridized carbons (Fsp3) is 0.300. The van der Waals surface area contributed by atoms with Gasteiger partial charge in [-0.15, -0.1) is 13.2 Å². The quantitative estimate of drug-likeness (QED) is 0.614. The van der Waals surface area contributed by atoms with E-state index in [0.29, 0.717) is 9.13 Å². The van der Waals surface area contributed by atoms with Crippen molar-refractivity contribution in [1.82, 2.24) is 0 Å². The average Bonchev–Trinajstić information content (AvgIpc) is 2.19. The smallest absolute Gasteiger partial charge is 0.469 e. The van der Waals surface area contributed by atoms with Crippen LogP contribution in [0.4, 0.5) is 13.2 Å². The van der Waals surface area contributed by atoms with Crippen LogP contribution >= 0.6 is 22.6 Å². The van der Waals surface area contributed by atoms with Crippen molar-refractivity contribution in [2.75, 3.05) is 7.11 Å². The van der Waals surface area contributed by atoms with Crippen molar-refractivity contribution < 1.29 is 27.4 Å². The highest BCUT2D eigenvalue weighted by atomic mass is 127. The van der Waals surface area contributed by atoms with Crippen molar-refractivity contribution in [3.63, 3.8) is 0 Å². The lowest BCUT2D eigenvalue weighted by Crippen LogP contribution is -2.17. The first-order chi connectivity index (χ1) is 7.81. The number of methoxy groups -OCH3 is 1. The average molecular weight is 360 g/mol. The van der Waals surface area contributed by atoms with Crippen LogP contribution in [0.25, 0.3) is 0 Å². The van der Waals surface area contributed by atoms with Gasteiger partial charge in [-0.25, -0.2) is 0 Å². The van der Waals surface area contributed by atoms with E-state index in [1.54, 1.807) is 0 Å². The molecule has 0 radical (unpaired) electrons. The van der Waals surface area contributed by atoms with Crippen molar-refractivity contribution in [2.45, 2.75) is 12.8 Å². The Morgan fingerprint density at radius 3 is 2.53 bits per heavy atom. The van der Waals surface area contributed by atoms with Crippen LogP contribution in [-0.2, 0) is 16.0 Å². The fourth-order valence-electron chi connectivity index (χ4n) is 1.10. The Hall–Kier alpha value is -0.990. The second-order valence-corrected chi connectivity index (χ2v) is 4.22. The van der Waals surface area contributed by atoms with Crippen LogP contribution in [0.3, 0.4) is 0 Å². The molecule has 0 aliphatic heterocycles. The summed E-state index contributed by atoms with van der Waals surface area (Å²) in [5.74, 6) is -0.761. The maximum atomic E-state index is 11.9. The lowest BCUT2D eigenvalue weighted by molar-refractivity contribution is -0.274. The third kappa shape index (κ3) is 4.80. The molecule has 0 aromatic heterocycles. The molecule has 0 bridgehead atoms. The van der Waals surface area contributed by atoms with E-state index in [1.165, 1.54) is 19.2 Å². The number of benzene rings is 1. The minimum atomic E-state index is -4.72. The van der Waals surface area contributed by atoms with Gasteiger partial charge in [-0.2, -0.15) is 0 Å². The molecule has 17 heavy (non-hydrogen) atoms. The zero-order valence-corrected chi connectivity index (χ0v) is 10.8. The van der Waals surface area contributed by atoms with Gasteiger partial charge in [-0.3, -0.25) is 4.79 Å². The molecule has 0 heterocycles. The topological polar surface area (TPSA) is 35.5 Å². The van der Waals surface area contributed by atoms with E-state index in [-0.39, 0.29) is 12.2 Å². The molecule has 0 saturated carbocycles. The Morgan fingerprint density at radius 2 is 2.06 bits per heavy atom. The molecule has 0 N–H and O–H groups in total. The fourth-order valence-corrected chi connectivity index (χ4v) is 1.77. The van der Waals surface area contributed by atoms with Gasteiger partial charge >= 0.3 is 12.3 Å². The van der Waals surface area contributed by atoms with Gasteiger partial charge in [0, 0.05) is 3.57 Å². The van der Waals surface area contributed by atoms with E-state index < -0.39 is 12.3 Å². The highest BCUT2D eigenvalue weighted by molar-refractivity contribution is 14.1. The highest BCUT2D eigenvalue weighted by Crippen LogP contribution is 2.26. The highest BCUT2D eigenvalue weighted by Gasteiger charge is 2.31. The summed E-state index contributed by atoms with van der Waals surface area (Å²) >= 11 is 1.83. The summed E-state index contributed by atoms with van der Waals surface area (Å²) < 4.78 is 44.5. The monoisotopic (exact) mass is 360 g/mol. The van der Waals surface area contributed by atoms with E-state index in [1.807, 2.05) is 22.6 Å². The molecule has 0 saturated heterocycles. The normalized spacial score (nSPS) is 11.1. The molecular formula is C10H8F3IO3. The molecule has 1 aromatic rings. The summed E-state index contributed by atoms with van der Waals surface area (Å²) in [6.45, 7) is 0. The molecule has 0 fully saturated rings. The van der Waals surface area contributed by atoms with Gasteiger partial charge < -0.3 is 9.47 Å². The number of hydrogen-bond donors (Lipinski definition) is 0. The van der Waals surface area contributed by atoms with Gasteiger partial charge in [0.25, 0.3) is 0 Å². The zero-order valence-electron chi connectivity index (χ0n) is 8.68. The van der Waals surface area contributed by atoms with Gasteiger partial charge in [0.1, 0.15) is 5.75 Å². The minimum absolute atomic E-state index is 0.0150. The summed E-state index contributed by atoms with van der Waals surface area (Å²) in [7, 11) is 1.25. The van der Waals surface area contributed by atoms with Crippen LogP contribution in [0, 0.1) is 3.57 Å². The van der Waals surface area contributed by atoms with Gasteiger partial charge in [0.05, 0.1) is 13.5 Å². The predicted octanol–water partition coefficient (Wildman–Crippen LogP) is 2.91. The van der Waals surface area contributed by atoms with Crippen LogP contribution in [0.2, 0.25) is 0 Å². The largest absolute Gasteiger partial charge is 0.573 e. The number of carbonyl (C=O) groups excluding carboxylic acids is 1. The molecule has 0 unspecified atom stereocenters. The lowest BCUT2D eigenvalue weighted by atomic mass is 10.1. The summed E-state index contributed by atoms with van der Waals surface area (Å²) in [4.78, 5) is 11.0. The van der Waals surface area contributed by atoms with E-state index in [0.717, 1.165) is 6.07 Å². The number of ether oxygens (including phenoxy) is 2. The van der Waals surface area contributed by atoms with Crippen LogP contribution in [0.5, 0.6) is 5.75 Å². The standard InChI is InChI=1S/C10H8F3IO3/c1-16-9(15)4-6-2-3-7(5-8(6)14)17-10(11,12)13/h2-3,5H,4H2,1H3. The van der Waals surface area contributed by atoms with Gasteiger partial charge in [-0.05, 0) is 40.3 Å². The Balaban J connectivity index is 2.83. The molecule has 3 nitrogen and oxygen atoms in total. The molecule has 0 amide bonds. The number of esters is 1. The first kappa shape index (κ1) is 14.1. The number of hydrogen-bond acceptors (Lipinski definition) is 3. The summed E-state index contributed by atoms with van der Waals surface area (Å²) in [6, 6.07) is 3.78. The Kier molecular flexibility index (Phi) is 4.61. The Morgan fingerprint density at radius 1 is 1.41 bits per heavy atom. The number of halogens is 4. The van der Waals surface area contributed by atoms with Crippen molar-refractivity contribution >= 4 is 28.6 Å². The van der Waals surface area contributed by atoms with Crippen molar-refractivity contribution in [3.05, 3.63) is 27.3 Å². The predicted molar refractivity (Wildman–Crippen MR) is 61.6 cm³/mol. The number of carbonyl (C=O) groups is 1. The van der Waals surface area contributed by atoms with E-state index >= 15 is 0 Å². The van der Waals surface area contributed by atoms with Crippen LogP contribution in [0.1, 0.15) is 5.56 Å². The number of rotatable bonds is 3. The molecule has 0 aliphatic rings. The maximum absolute atomic E-state index is 11.9. The van der Waals surface area contributed by atoms with Crippen LogP contribution in [-0.4, -0.2) is 19.4 Å². The second-order valence-electron chi connectivity index (χ2n) is 3.05. The summed E-state index contributed by atoms with van der Waals surface area (Å²) in [5, 5.41) is 0. The Bertz CT molecular complexity index is 418. The maximum Gasteiger partial charge on any atom is 0.573 e. The van der Waals surface area contributed by atoms with Crippen molar-refractivity contribution in [2.24, 2.45) is 0 Å². The van der Waals surface area contributed by atoms with E-state index in [2.05, 4.69) is 9.47 Å². The van der Waals surface area contributed by atoms with Crippen LogP contribution in [0.15, 0.2) is 18.2 Å². The van der Waals surface area contributed by atoms with Crippen molar-refractivity contribution in [3.8, 4) is 5.75 Å². The van der Waals surface area contributed by atoms with Crippen molar-refractivity contribution in [1.29, 1.82) is 0 Å². The lowest BCUT2D eigenvalue weighted by Gasteiger charge is -2.10. The molecular weight excluding hydrogens is 352 g/mol. The SMILES string of the molecule is COC(=O)Cc1ccc(OC(F)(F)F)cc1I. The van der Waals surface area contributed by atoms with Gasteiger partial charge in [-0.1, -0.05) is 6.07 Å². The molecule has 94 valence electrons. The Labute approximate surface area is 109 Å². The molecule has 0 aliphatic carbocycles. The first-order valence-corrected chi connectivity index (χ1v) is 5.50. The van der Waals surface area contributed by atoms with Crippen LogP contribution < -0.4 is 4.74 Å².